The fourth-order valence-electron chi connectivity index (χ4n) is 3.38. The van der Waals surface area contributed by atoms with Crippen molar-refractivity contribution in [2.75, 3.05) is 24.5 Å². The van der Waals surface area contributed by atoms with Crippen LogP contribution in [0.5, 0.6) is 0 Å². The zero-order valence-corrected chi connectivity index (χ0v) is 17.9. The molecule has 1 aromatic heterocycles. The van der Waals surface area contributed by atoms with E-state index in [0.29, 0.717) is 17.5 Å². The van der Waals surface area contributed by atoms with E-state index >= 15 is 0 Å². The highest BCUT2D eigenvalue weighted by atomic mass is 35.5. The van der Waals surface area contributed by atoms with E-state index in [1.54, 1.807) is 23.5 Å². The molecular weight excluding hydrogens is 414 g/mol. The van der Waals surface area contributed by atoms with Crippen molar-refractivity contribution in [1.82, 2.24) is 9.71 Å². The topological polar surface area (TPSA) is 62.3 Å². The van der Waals surface area contributed by atoms with Gasteiger partial charge in [0.1, 0.15) is 0 Å². The van der Waals surface area contributed by atoms with Crippen molar-refractivity contribution in [3.05, 3.63) is 53.1 Å². The molecule has 0 radical (unpaired) electrons. The van der Waals surface area contributed by atoms with Gasteiger partial charge in [-0.2, -0.15) is 0 Å². The van der Waals surface area contributed by atoms with Crippen molar-refractivity contribution in [1.29, 1.82) is 0 Å². The molecule has 0 saturated carbocycles. The van der Waals surface area contributed by atoms with Crippen LogP contribution in [0.15, 0.2) is 47.4 Å². The molecule has 4 rings (SSSR count). The van der Waals surface area contributed by atoms with E-state index in [1.807, 2.05) is 25.1 Å². The average Bonchev–Trinajstić information content (AvgIpc) is 3.13. The number of para-hydroxylation sites is 1. The molecule has 1 aliphatic heterocycles. The fraction of sp³-hybridized carbons (Fsp3) is 0.350. The molecule has 2 aromatic carbocycles. The van der Waals surface area contributed by atoms with Gasteiger partial charge in [0.2, 0.25) is 10.0 Å². The number of aromatic nitrogens is 1. The van der Waals surface area contributed by atoms with Crippen LogP contribution in [0.1, 0.15) is 18.4 Å². The molecule has 1 saturated heterocycles. The number of nitrogens with zero attached hydrogens (tertiary/aromatic N) is 2. The first kappa shape index (κ1) is 19.6. The largest absolute Gasteiger partial charge is 0.348 e. The fourth-order valence-corrected chi connectivity index (χ4v) is 5.78. The van der Waals surface area contributed by atoms with Gasteiger partial charge < -0.3 is 4.90 Å². The minimum Gasteiger partial charge on any atom is -0.348 e. The quantitative estimate of drug-likeness (QED) is 0.643. The van der Waals surface area contributed by atoms with E-state index in [4.69, 9.17) is 16.6 Å². The maximum atomic E-state index is 12.5. The summed E-state index contributed by atoms with van der Waals surface area (Å²) in [6, 6.07) is 13.0. The van der Waals surface area contributed by atoms with Crippen molar-refractivity contribution < 1.29 is 8.42 Å². The Hall–Kier alpha value is -1.67. The van der Waals surface area contributed by atoms with E-state index in [2.05, 4.69) is 15.7 Å². The molecule has 2 heterocycles. The minimum atomic E-state index is -3.54. The number of halogens is 1. The molecule has 0 amide bonds. The van der Waals surface area contributed by atoms with Crippen LogP contribution in [0.25, 0.3) is 10.2 Å². The van der Waals surface area contributed by atoms with Crippen LogP contribution in [0.4, 0.5) is 5.13 Å². The van der Waals surface area contributed by atoms with E-state index in [9.17, 15) is 8.42 Å². The molecule has 1 N–H and O–H groups in total. The van der Waals surface area contributed by atoms with Crippen LogP contribution in [0.2, 0.25) is 5.02 Å². The molecule has 1 fully saturated rings. The van der Waals surface area contributed by atoms with Crippen molar-refractivity contribution >= 4 is 48.3 Å². The number of anilines is 1. The van der Waals surface area contributed by atoms with Crippen molar-refractivity contribution in [3.8, 4) is 0 Å². The van der Waals surface area contributed by atoms with Crippen LogP contribution < -0.4 is 9.62 Å². The minimum absolute atomic E-state index is 0.218. The summed E-state index contributed by atoms with van der Waals surface area (Å²) in [6.07, 6.45) is 1.88. The molecule has 1 aliphatic rings. The molecule has 148 valence electrons. The van der Waals surface area contributed by atoms with E-state index < -0.39 is 10.0 Å². The molecule has 0 spiro atoms. The first-order valence-electron chi connectivity index (χ1n) is 9.29. The second kappa shape index (κ2) is 7.99. The number of thiazole rings is 1. The molecule has 0 bridgehead atoms. The number of hydrogen-bond acceptors (Lipinski definition) is 5. The Balaban J connectivity index is 1.34. The van der Waals surface area contributed by atoms with Crippen molar-refractivity contribution in [3.63, 3.8) is 0 Å². The number of hydrogen-bond donors (Lipinski definition) is 1. The van der Waals surface area contributed by atoms with E-state index in [1.165, 1.54) is 10.8 Å². The Labute approximate surface area is 174 Å². The van der Waals surface area contributed by atoms with E-state index in [0.717, 1.165) is 42.1 Å². The standard InChI is InChI=1S/C20H22ClN3O2S2/c1-14-6-7-16(12-17(14)21)28(25,26)22-13-15-8-10-24(11-9-15)20-23-18-4-2-3-5-19(18)27-20/h2-7,12,15,22H,8-11,13H2,1H3. The summed E-state index contributed by atoms with van der Waals surface area (Å²) < 4.78 is 29.0. The smallest absolute Gasteiger partial charge is 0.240 e. The Morgan fingerprint density at radius 2 is 1.96 bits per heavy atom. The number of aryl methyl sites for hydroxylation is 1. The van der Waals surface area contributed by atoms with Gasteiger partial charge in [0, 0.05) is 24.7 Å². The third-order valence-electron chi connectivity index (χ3n) is 5.18. The van der Waals surface area contributed by atoms with Gasteiger partial charge >= 0.3 is 0 Å². The van der Waals surface area contributed by atoms with Crippen LogP contribution >= 0.6 is 22.9 Å². The number of rotatable bonds is 5. The van der Waals surface area contributed by atoms with Crippen LogP contribution in [0, 0.1) is 12.8 Å². The summed E-state index contributed by atoms with van der Waals surface area (Å²) >= 11 is 7.78. The van der Waals surface area contributed by atoms with Gasteiger partial charge in [-0.05, 0) is 55.5 Å². The lowest BCUT2D eigenvalue weighted by molar-refractivity contribution is 0.402. The maximum Gasteiger partial charge on any atom is 0.240 e. The molecule has 3 aromatic rings. The van der Waals surface area contributed by atoms with Gasteiger partial charge in [-0.3, -0.25) is 0 Å². The van der Waals surface area contributed by atoms with Crippen LogP contribution in [0.3, 0.4) is 0 Å². The summed E-state index contributed by atoms with van der Waals surface area (Å²) in [7, 11) is -3.54. The first-order chi connectivity index (χ1) is 13.4. The molecule has 8 heteroatoms. The summed E-state index contributed by atoms with van der Waals surface area (Å²) in [5.74, 6) is 0.321. The molecule has 5 nitrogen and oxygen atoms in total. The van der Waals surface area contributed by atoms with Gasteiger partial charge in [-0.1, -0.05) is 41.1 Å². The normalized spacial score (nSPS) is 16.0. The Morgan fingerprint density at radius 1 is 1.21 bits per heavy atom. The number of benzene rings is 2. The SMILES string of the molecule is Cc1ccc(S(=O)(=O)NCC2CCN(c3nc4ccccc4s3)CC2)cc1Cl. The molecule has 28 heavy (non-hydrogen) atoms. The first-order valence-corrected chi connectivity index (χ1v) is 12.0. The zero-order chi connectivity index (χ0) is 19.7. The second-order valence-electron chi connectivity index (χ2n) is 7.16. The highest BCUT2D eigenvalue weighted by Gasteiger charge is 2.24. The molecule has 0 aliphatic carbocycles. The average molecular weight is 436 g/mol. The Bertz CT molecular complexity index is 1060. The highest BCUT2D eigenvalue weighted by molar-refractivity contribution is 7.89. The third kappa shape index (κ3) is 4.17. The molecule has 0 atom stereocenters. The summed E-state index contributed by atoms with van der Waals surface area (Å²) in [5.41, 5.74) is 1.90. The second-order valence-corrected chi connectivity index (χ2v) is 10.3. The predicted molar refractivity (Wildman–Crippen MR) is 116 cm³/mol. The molecular formula is C20H22ClN3O2S2. The van der Waals surface area contributed by atoms with Crippen molar-refractivity contribution in [2.24, 2.45) is 5.92 Å². The number of nitrogens with one attached hydrogen (secondary N) is 1. The third-order valence-corrected chi connectivity index (χ3v) is 8.11. The van der Waals surface area contributed by atoms with Gasteiger partial charge in [0.15, 0.2) is 5.13 Å². The summed E-state index contributed by atoms with van der Waals surface area (Å²) in [6.45, 7) is 4.08. The number of piperidine rings is 1. The monoisotopic (exact) mass is 435 g/mol. The Morgan fingerprint density at radius 3 is 2.68 bits per heavy atom. The van der Waals surface area contributed by atoms with Crippen LogP contribution in [-0.2, 0) is 10.0 Å². The predicted octanol–water partition coefficient (Wildman–Crippen LogP) is 4.45. The lowest BCUT2D eigenvalue weighted by atomic mass is 9.97. The maximum absolute atomic E-state index is 12.5. The van der Waals surface area contributed by atoms with Crippen molar-refractivity contribution in [2.45, 2.75) is 24.7 Å². The zero-order valence-electron chi connectivity index (χ0n) is 15.6. The van der Waals surface area contributed by atoms with Crippen LogP contribution in [-0.4, -0.2) is 33.0 Å². The Kier molecular flexibility index (Phi) is 5.60. The number of sulfonamides is 1. The molecule has 0 unspecified atom stereocenters. The van der Waals surface area contributed by atoms with Gasteiger partial charge in [0.25, 0.3) is 0 Å². The summed E-state index contributed by atoms with van der Waals surface area (Å²) in [5, 5.41) is 1.52. The van der Waals surface area contributed by atoms with Gasteiger partial charge in [-0.15, -0.1) is 0 Å². The number of fused-ring (bicyclic) bond motifs is 1. The highest BCUT2D eigenvalue weighted by Crippen LogP contribution is 2.31. The van der Waals surface area contributed by atoms with Gasteiger partial charge in [-0.25, -0.2) is 18.1 Å². The lowest BCUT2D eigenvalue weighted by Crippen LogP contribution is -2.38. The lowest BCUT2D eigenvalue weighted by Gasteiger charge is -2.31. The van der Waals surface area contributed by atoms with E-state index in [-0.39, 0.29) is 4.90 Å². The summed E-state index contributed by atoms with van der Waals surface area (Å²) in [4.78, 5) is 7.24. The van der Waals surface area contributed by atoms with Gasteiger partial charge in [0.05, 0.1) is 15.1 Å².